The molecule has 29 heavy (non-hydrogen) atoms. The molecule has 2 aromatic carbocycles. The largest absolute Gasteiger partial charge is 0.464 e. The molecule has 1 amide bonds. The number of hydrogen-bond donors (Lipinski definition) is 0. The fourth-order valence-electron chi connectivity index (χ4n) is 4.65. The van der Waals surface area contributed by atoms with Crippen molar-refractivity contribution in [1.82, 2.24) is 9.80 Å². The molecule has 3 heterocycles. The Morgan fingerprint density at radius 3 is 2.48 bits per heavy atom. The monoisotopic (exact) mass is 385 g/mol. The summed E-state index contributed by atoms with van der Waals surface area (Å²) in [5, 5.41) is 1.10. The highest BCUT2D eigenvalue weighted by atomic mass is 16.3. The molecule has 2 fully saturated rings. The number of aliphatic imine (C=N–C) groups is 1. The average Bonchev–Trinajstić information content (AvgIpc) is 3.26. The van der Waals surface area contributed by atoms with E-state index >= 15 is 0 Å². The maximum absolute atomic E-state index is 13.0. The molecule has 0 unspecified atom stereocenters. The lowest BCUT2D eigenvalue weighted by Crippen LogP contribution is -2.51. The van der Waals surface area contributed by atoms with E-state index in [4.69, 9.17) is 9.41 Å². The van der Waals surface area contributed by atoms with Crippen LogP contribution in [0.25, 0.3) is 22.1 Å². The fourth-order valence-corrected chi connectivity index (χ4v) is 4.65. The van der Waals surface area contributed by atoms with E-state index in [2.05, 4.69) is 48.3 Å². The van der Waals surface area contributed by atoms with E-state index in [0.717, 1.165) is 66.0 Å². The molecular weight excluding hydrogens is 362 g/mol. The van der Waals surface area contributed by atoms with Crippen molar-refractivity contribution < 1.29 is 9.21 Å². The van der Waals surface area contributed by atoms with Gasteiger partial charge in [0.15, 0.2) is 0 Å². The van der Waals surface area contributed by atoms with Crippen LogP contribution < -0.4 is 0 Å². The van der Waals surface area contributed by atoms with Crippen LogP contribution in [0, 0.1) is 5.92 Å². The molecule has 0 atom stereocenters. The zero-order valence-corrected chi connectivity index (χ0v) is 16.5. The summed E-state index contributed by atoms with van der Waals surface area (Å²) in [6.45, 7) is 2.89. The fraction of sp³-hybridized carbons (Fsp3) is 0.333. The second-order valence-electron chi connectivity index (χ2n) is 8.72. The minimum atomic E-state index is -0.448. The van der Waals surface area contributed by atoms with Crippen molar-refractivity contribution in [2.24, 2.45) is 10.9 Å². The van der Waals surface area contributed by atoms with Crippen molar-refractivity contribution in [3.8, 4) is 11.1 Å². The van der Waals surface area contributed by atoms with Crippen LogP contribution in [0.4, 0.5) is 0 Å². The first-order valence-electron chi connectivity index (χ1n) is 10.3. The molecule has 2 aliphatic heterocycles. The Kier molecular flexibility index (Phi) is 3.54. The van der Waals surface area contributed by atoms with Crippen LogP contribution in [-0.2, 0) is 4.79 Å². The minimum Gasteiger partial charge on any atom is -0.464 e. The highest BCUT2D eigenvalue weighted by Crippen LogP contribution is 2.46. The normalized spacial score (nSPS) is 21.1. The Bertz CT molecular complexity index is 1130. The van der Waals surface area contributed by atoms with Crippen molar-refractivity contribution in [3.63, 3.8) is 0 Å². The van der Waals surface area contributed by atoms with Gasteiger partial charge in [0.05, 0.1) is 6.26 Å². The minimum absolute atomic E-state index is 0.205. The molecular formula is C24H23N3O2. The molecule has 1 saturated carbocycles. The number of rotatable bonds is 4. The number of carbonyl (C=O) groups is 1. The predicted octanol–water partition coefficient (Wildman–Crippen LogP) is 3.78. The van der Waals surface area contributed by atoms with Crippen LogP contribution >= 0.6 is 0 Å². The Morgan fingerprint density at radius 1 is 1.03 bits per heavy atom. The lowest BCUT2D eigenvalue weighted by atomic mass is 9.99. The van der Waals surface area contributed by atoms with Crippen molar-refractivity contribution >= 4 is 22.7 Å². The van der Waals surface area contributed by atoms with Gasteiger partial charge in [-0.2, -0.15) is 0 Å². The number of fused-ring (bicyclic) bond motifs is 1. The van der Waals surface area contributed by atoms with Crippen molar-refractivity contribution in [2.45, 2.75) is 18.4 Å². The topological polar surface area (TPSA) is 49.0 Å². The Balaban J connectivity index is 1.30. The van der Waals surface area contributed by atoms with Gasteiger partial charge in [0, 0.05) is 36.5 Å². The molecule has 0 bridgehead atoms. The SMILES string of the molecule is CN1CC(CN2C(=O)C3(CC3)N=C2c2ccc(-c3ccc4occc4c3)cc2)C1. The smallest absolute Gasteiger partial charge is 0.256 e. The van der Waals surface area contributed by atoms with E-state index in [1.807, 2.05) is 17.0 Å². The van der Waals surface area contributed by atoms with Crippen LogP contribution in [0.1, 0.15) is 18.4 Å². The lowest BCUT2D eigenvalue weighted by molar-refractivity contribution is -0.129. The molecule has 1 aliphatic carbocycles. The number of hydrogen-bond acceptors (Lipinski definition) is 4. The quantitative estimate of drug-likeness (QED) is 0.687. The third-order valence-electron chi connectivity index (χ3n) is 6.45. The summed E-state index contributed by atoms with van der Waals surface area (Å²) in [6.07, 6.45) is 3.49. The second-order valence-corrected chi connectivity index (χ2v) is 8.72. The van der Waals surface area contributed by atoms with Gasteiger partial charge >= 0.3 is 0 Å². The molecule has 5 heteroatoms. The van der Waals surface area contributed by atoms with Crippen LogP contribution in [-0.4, -0.2) is 53.8 Å². The molecule has 3 aliphatic rings. The van der Waals surface area contributed by atoms with Crippen molar-refractivity contribution in [1.29, 1.82) is 0 Å². The highest BCUT2D eigenvalue weighted by molar-refractivity contribution is 6.16. The van der Waals surface area contributed by atoms with E-state index < -0.39 is 5.54 Å². The summed E-state index contributed by atoms with van der Waals surface area (Å²) in [6, 6.07) is 16.7. The number of benzene rings is 2. The second kappa shape index (κ2) is 6.04. The summed E-state index contributed by atoms with van der Waals surface area (Å²) in [7, 11) is 2.12. The first-order chi connectivity index (χ1) is 14.1. The molecule has 3 aromatic rings. The van der Waals surface area contributed by atoms with E-state index in [9.17, 15) is 4.79 Å². The zero-order valence-electron chi connectivity index (χ0n) is 16.5. The number of nitrogens with zero attached hydrogens (tertiary/aromatic N) is 3. The Morgan fingerprint density at radius 2 is 1.76 bits per heavy atom. The number of amides is 1. The molecule has 6 rings (SSSR count). The molecule has 5 nitrogen and oxygen atoms in total. The van der Waals surface area contributed by atoms with Crippen LogP contribution in [0.2, 0.25) is 0 Å². The average molecular weight is 385 g/mol. The number of amidine groups is 1. The zero-order chi connectivity index (χ0) is 19.6. The number of likely N-dealkylation sites (tertiary alicyclic amines) is 1. The van der Waals surface area contributed by atoms with Gasteiger partial charge in [-0.05, 0) is 49.2 Å². The third kappa shape index (κ3) is 2.72. The molecule has 1 saturated heterocycles. The summed E-state index contributed by atoms with van der Waals surface area (Å²) < 4.78 is 5.44. The van der Waals surface area contributed by atoms with Crippen LogP contribution in [0.5, 0.6) is 0 Å². The van der Waals surface area contributed by atoms with Gasteiger partial charge in [-0.25, -0.2) is 0 Å². The van der Waals surface area contributed by atoms with Gasteiger partial charge in [0.2, 0.25) is 0 Å². The Hall–Kier alpha value is -2.92. The maximum atomic E-state index is 13.0. The van der Waals surface area contributed by atoms with Gasteiger partial charge in [-0.3, -0.25) is 14.7 Å². The lowest BCUT2D eigenvalue weighted by Gasteiger charge is -2.38. The van der Waals surface area contributed by atoms with Gasteiger partial charge in [0.25, 0.3) is 5.91 Å². The van der Waals surface area contributed by atoms with Gasteiger partial charge in [-0.15, -0.1) is 0 Å². The molecule has 146 valence electrons. The van der Waals surface area contributed by atoms with Gasteiger partial charge in [-0.1, -0.05) is 30.3 Å². The summed E-state index contributed by atoms with van der Waals surface area (Å²) in [5.41, 5.74) is 3.79. The van der Waals surface area contributed by atoms with E-state index in [-0.39, 0.29) is 5.91 Å². The predicted molar refractivity (Wildman–Crippen MR) is 113 cm³/mol. The van der Waals surface area contributed by atoms with E-state index in [1.165, 1.54) is 0 Å². The van der Waals surface area contributed by atoms with Gasteiger partial charge < -0.3 is 9.32 Å². The van der Waals surface area contributed by atoms with Crippen molar-refractivity contribution in [3.05, 3.63) is 60.4 Å². The molecule has 0 N–H and O–H groups in total. The third-order valence-corrected chi connectivity index (χ3v) is 6.45. The van der Waals surface area contributed by atoms with Crippen molar-refractivity contribution in [2.75, 3.05) is 26.7 Å². The standard InChI is InChI=1S/C24H23N3O2/c1-26-13-16(14-26)15-27-22(25-24(9-10-24)23(27)28)18-4-2-17(3-5-18)19-6-7-21-20(12-19)8-11-29-21/h2-8,11-12,16H,9-10,13-15H2,1H3. The summed E-state index contributed by atoms with van der Waals surface area (Å²) >= 11 is 0. The van der Waals surface area contributed by atoms with Crippen LogP contribution in [0.3, 0.4) is 0 Å². The van der Waals surface area contributed by atoms with Gasteiger partial charge in [0.1, 0.15) is 17.0 Å². The van der Waals surface area contributed by atoms with Crippen LogP contribution in [0.15, 0.2) is 64.2 Å². The molecule has 1 aromatic heterocycles. The maximum Gasteiger partial charge on any atom is 0.256 e. The number of furan rings is 1. The highest BCUT2D eigenvalue weighted by Gasteiger charge is 2.57. The van der Waals surface area contributed by atoms with E-state index in [1.54, 1.807) is 6.26 Å². The molecule has 0 radical (unpaired) electrons. The first kappa shape index (κ1) is 17.0. The number of carbonyl (C=O) groups excluding carboxylic acids is 1. The Labute approximate surface area is 169 Å². The van der Waals surface area contributed by atoms with E-state index in [0.29, 0.717) is 5.92 Å². The summed E-state index contributed by atoms with van der Waals surface area (Å²) in [5.74, 6) is 1.61. The summed E-state index contributed by atoms with van der Waals surface area (Å²) in [4.78, 5) is 22.2. The molecule has 1 spiro atoms. The first-order valence-corrected chi connectivity index (χ1v) is 10.3.